The molecule has 0 bridgehead atoms. The van der Waals surface area contributed by atoms with Crippen molar-refractivity contribution in [2.45, 2.75) is 20.4 Å². The second-order valence-electron chi connectivity index (χ2n) is 3.44. The molecule has 0 unspecified atom stereocenters. The van der Waals surface area contributed by atoms with Crippen LogP contribution >= 0.6 is 0 Å². The fraction of sp³-hybridized carbons (Fsp3) is 0.600. The molecule has 0 aliphatic heterocycles. The lowest BCUT2D eigenvalue weighted by molar-refractivity contribution is 0.203. The van der Waals surface area contributed by atoms with Crippen molar-refractivity contribution >= 4 is 11.7 Å². The van der Waals surface area contributed by atoms with Gasteiger partial charge in [0.2, 0.25) is 0 Å². The highest BCUT2D eigenvalue weighted by molar-refractivity contribution is 5.73. The van der Waals surface area contributed by atoms with Gasteiger partial charge in [0.1, 0.15) is 0 Å². The first-order chi connectivity index (χ1) is 7.67. The first-order valence-corrected chi connectivity index (χ1v) is 5.48. The number of hydrogen-bond acceptors (Lipinski definition) is 3. The van der Waals surface area contributed by atoms with Crippen LogP contribution in [0.25, 0.3) is 0 Å². The van der Waals surface area contributed by atoms with E-state index >= 15 is 0 Å². The van der Waals surface area contributed by atoms with Crippen LogP contribution in [0, 0.1) is 0 Å². The molecule has 0 spiro atoms. The Labute approximate surface area is 95.4 Å². The van der Waals surface area contributed by atoms with Crippen LogP contribution < -0.4 is 11.1 Å². The van der Waals surface area contributed by atoms with E-state index in [4.69, 9.17) is 5.73 Å². The summed E-state index contributed by atoms with van der Waals surface area (Å²) in [6.07, 6.45) is 3.33. The zero-order valence-corrected chi connectivity index (χ0v) is 9.81. The maximum atomic E-state index is 11.6. The monoisotopic (exact) mass is 225 g/mol. The zero-order valence-electron chi connectivity index (χ0n) is 9.81. The largest absolute Gasteiger partial charge is 0.396 e. The molecule has 90 valence electrons. The van der Waals surface area contributed by atoms with Crippen molar-refractivity contribution in [3.8, 4) is 0 Å². The van der Waals surface area contributed by atoms with Gasteiger partial charge in [0.25, 0.3) is 0 Å². The second-order valence-corrected chi connectivity index (χ2v) is 3.44. The maximum Gasteiger partial charge on any atom is 0.317 e. The van der Waals surface area contributed by atoms with Gasteiger partial charge in [-0.2, -0.15) is 5.10 Å². The van der Waals surface area contributed by atoms with Crippen molar-refractivity contribution in [1.82, 2.24) is 20.0 Å². The highest BCUT2D eigenvalue weighted by Gasteiger charge is 2.07. The molecule has 6 nitrogen and oxygen atoms in total. The molecule has 0 aromatic carbocycles. The average Bonchev–Trinajstić information content (AvgIpc) is 2.66. The molecule has 0 atom stereocenters. The van der Waals surface area contributed by atoms with Gasteiger partial charge in [0.15, 0.2) is 0 Å². The summed E-state index contributed by atoms with van der Waals surface area (Å²) in [5.74, 6) is 0. The van der Waals surface area contributed by atoms with Crippen molar-refractivity contribution in [3.05, 3.63) is 12.4 Å². The van der Waals surface area contributed by atoms with Crippen LogP contribution in [0.1, 0.15) is 13.8 Å². The fourth-order valence-corrected chi connectivity index (χ4v) is 1.40. The lowest BCUT2D eigenvalue weighted by atomic mass is 10.5. The van der Waals surface area contributed by atoms with E-state index in [9.17, 15) is 4.79 Å². The number of anilines is 1. The summed E-state index contributed by atoms with van der Waals surface area (Å²) in [4.78, 5) is 13.3. The van der Waals surface area contributed by atoms with Crippen molar-refractivity contribution in [2.75, 3.05) is 25.4 Å². The van der Waals surface area contributed by atoms with Gasteiger partial charge in [-0.3, -0.25) is 4.68 Å². The topological polar surface area (TPSA) is 76.2 Å². The van der Waals surface area contributed by atoms with Gasteiger partial charge in [-0.05, 0) is 13.8 Å². The summed E-state index contributed by atoms with van der Waals surface area (Å²) in [5.41, 5.74) is 6.16. The van der Waals surface area contributed by atoms with Gasteiger partial charge in [0, 0.05) is 25.8 Å². The van der Waals surface area contributed by atoms with E-state index in [0.717, 1.165) is 13.1 Å². The van der Waals surface area contributed by atoms with Gasteiger partial charge in [-0.25, -0.2) is 4.79 Å². The number of aromatic nitrogens is 2. The molecule has 0 fully saturated rings. The number of urea groups is 1. The first kappa shape index (κ1) is 12.4. The van der Waals surface area contributed by atoms with Crippen LogP contribution in [0.15, 0.2) is 12.4 Å². The molecule has 1 aromatic rings. The van der Waals surface area contributed by atoms with Crippen LogP contribution in [-0.2, 0) is 6.54 Å². The molecule has 1 rings (SSSR count). The molecule has 0 saturated heterocycles. The molecule has 0 aliphatic carbocycles. The average molecular weight is 225 g/mol. The molecule has 0 radical (unpaired) electrons. The SMILES string of the molecule is CCN(CC)C(=O)NCCn1cc(N)cn1. The van der Waals surface area contributed by atoms with E-state index in [2.05, 4.69) is 10.4 Å². The molecule has 1 aromatic heterocycles. The third kappa shape index (κ3) is 3.45. The fourth-order valence-electron chi connectivity index (χ4n) is 1.40. The van der Waals surface area contributed by atoms with Gasteiger partial charge in [-0.1, -0.05) is 0 Å². The first-order valence-electron chi connectivity index (χ1n) is 5.48. The van der Waals surface area contributed by atoms with Crippen LogP contribution in [0.4, 0.5) is 10.5 Å². The van der Waals surface area contributed by atoms with E-state index in [1.807, 2.05) is 13.8 Å². The van der Waals surface area contributed by atoms with E-state index in [0.29, 0.717) is 18.8 Å². The normalized spacial score (nSPS) is 10.1. The van der Waals surface area contributed by atoms with E-state index in [1.54, 1.807) is 22.0 Å². The summed E-state index contributed by atoms with van der Waals surface area (Å²) in [6.45, 7) is 6.53. The summed E-state index contributed by atoms with van der Waals surface area (Å²) >= 11 is 0. The number of carbonyl (C=O) groups excluding carboxylic acids is 1. The van der Waals surface area contributed by atoms with Crippen molar-refractivity contribution < 1.29 is 4.79 Å². The molecule has 6 heteroatoms. The summed E-state index contributed by atoms with van der Waals surface area (Å²) in [7, 11) is 0. The van der Waals surface area contributed by atoms with Gasteiger partial charge in [-0.15, -0.1) is 0 Å². The van der Waals surface area contributed by atoms with Crippen molar-refractivity contribution in [2.24, 2.45) is 0 Å². The highest BCUT2D eigenvalue weighted by atomic mass is 16.2. The summed E-state index contributed by atoms with van der Waals surface area (Å²) in [6, 6.07) is -0.0369. The summed E-state index contributed by atoms with van der Waals surface area (Å²) < 4.78 is 1.71. The predicted octanol–water partition coefficient (Wildman–Crippen LogP) is 0.517. The Hall–Kier alpha value is -1.72. The molecule has 2 amide bonds. The van der Waals surface area contributed by atoms with Crippen LogP contribution in [0.3, 0.4) is 0 Å². The number of nitrogen functional groups attached to an aromatic ring is 1. The molecule has 3 N–H and O–H groups in total. The van der Waals surface area contributed by atoms with Crippen LogP contribution in [0.2, 0.25) is 0 Å². The van der Waals surface area contributed by atoms with Crippen LogP contribution in [0.5, 0.6) is 0 Å². The van der Waals surface area contributed by atoms with Crippen LogP contribution in [-0.4, -0.2) is 40.3 Å². The number of nitrogens with two attached hydrogens (primary N) is 1. The number of nitrogens with one attached hydrogen (secondary N) is 1. The zero-order chi connectivity index (χ0) is 12.0. The smallest absolute Gasteiger partial charge is 0.317 e. The van der Waals surface area contributed by atoms with E-state index in [1.165, 1.54) is 0 Å². The Kier molecular flexibility index (Phi) is 4.63. The molecule has 0 aliphatic rings. The molecule has 1 heterocycles. The van der Waals surface area contributed by atoms with Gasteiger partial charge >= 0.3 is 6.03 Å². The predicted molar refractivity (Wildman–Crippen MR) is 63.0 cm³/mol. The highest BCUT2D eigenvalue weighted by Crippen LogP contribution is 1.96. The Morgan fingerprint density at radius 3 is 2.75 bits per heavy atom. The second kappa shape index (κ2) is 5.99. The third-order valence-corrected chi connectivity index (χ3v) is 2.32. The van der Waals surface area contributed by atoms with E-state index < -0.39 is 0 Å². The standard InChI is InChI=1S/C10H19N5O/c1-3-14(4-2)10(16)12-5-6-15-8-9(11)7-13-15/h7-8H,3-6,11H2,1-2H3,(H,12,16). The van der Waals surface area contributed by atoms with Crippen molar-refractivity contribution in [3.63, 3.8) is 0 Å². The molecule has 16 heavy (non-hydrogen) atoms. The minimum Gasteiger partial charge on any atom is -0.396 e. The molecular weight excluding hydrogens is 206 g/mol. The minimum atomic E-state index is -0.0369. The van der Waals surface area contributed by atoms with Gasteiger partial charge in [0.05, 0.1) is 18.4 Å². The number of amides is 2. The number of hydrogen-bond donors (Lipinski definition) is 2. The molecular formula is C10H19N5O. The van der Waals surface area contributed by atoms with Gasteiger partial charge < -0.3 is 16.0 Å². The quantitative estimate of drug-likeness (QED) is 0.767. The van der Waals surface area contributed by atoms with Crippen molar-refractivity contribution in [1.29, 1.82) is 0 Å². The third-order valence-electron chi connectivity index (χ3n) is 2.32. The Balaban J connectivity index is 2.27. The maximum absolute atomic E-state index is 11.6. The van der Waals surface area contributed by atoms with E-state index in [-0.39, 0.29) is 6.03 Å². The summed E-state index contributed by atoms with van der Waals surface area (Å²) in [5, 5.41) is 6.85. The Morgan fingerprint density at radius 1 is 1.56 bits per heavy atom. The lowest BCUT2D eigenvalue weighted by Crippen LogP contribution is -2.40. The number of carbonyl (C=O) groups is 1. The molecule has 0 saturated carbocycles. The minimum absolute atomic E-state index is 0.0369. The number of rotatable bonds is 5. The Bertz CT molecular complexity index is 332. The Morgan fingerprint density at radius 2 is 2.25 bits per heavy atom. The number of nitrogens with zero attached hydrogens (tertiary/aromatic N) is 3. The lowest BCUT2D eigenvalue weighted by Gasteiger charge is -2.19.